The van der Waals surface area contributed by atoms with Crippen molar-refractivity contribution in [3.63, 3.8) is 0 Å². The number of pyridine rings is 1. The Balaban J connectivity index is 1.95. The number of hydrogen-bond acceptors (Lipinski definition) is 3. The van der Waals surface area contributed by atoms with Gasteiger partial charge in [-0.25, -0.2) is 0 Å². The molecule has 1 amide bonds. The number of hydrogen-bond donors (Lipinski definition) is 2. The first-order valence-corrected chi connectivity index (χ1v) is 6.80. The molecule has 0 saturated heterocycles. The van der Waals surface area contributed by atoms with Crippen molar-refractivity contribution in [3.8, 4) is 0 Å². The number of rotatable bonds is 6. The number of amides is 1. The maximum Gasteiger partial charge on any atom is 0.253 e. The van der Waals surface area contributed by atoms with Crippen molar-refractivity contribution in [2.45, 2.75) is 19.9 Å². The molecule has 4 heteroatoms. The van der Waals surface area contributed by atoms with Crippen LogP contribution in [0.5, 0.6) is 0 Å². The molecular weight excluding hydrogens is 250 g/mol. The summed E-state index contributed by atoms with van der Waals surface area (Å²) in [6.07, 6.45) is 4.34. The largest absolute Gasteiger partial charge is 0.384 e. The fourth-order valence-electron chi connectivity index (χ4n) is 1.81. The van der Waals surface area contributed by atoms with Crippen molar-refractivity contribution < 1.29 is 4.79 Å². The van der Waals surface area contributed by atoms with Gasteiger partial charge in [-0.15, -0.1) is 0 Å². The Morgan fingerprint density at radius 2 is 2.00 bits per heavy atom. The van der Waals surface area contributed by atoms with Crippen LogP contribution in [0.4, 0.5) is 5.69 Å². The normalized spacial score (nSPS) is 10.1. The number of carbonyl (C=O) groups is 1. The van der Waals surface area contributed by atoms with Crippen LogP contribution in [0.3, 0.4) is 0 Å². The van der Waals surface area contributed by atoms with E-state index in [0.29, 0.717) is 12.1 Å². The molecule has 4 nitrogen and oxygen atoms in total. The summed E-state index contributed by atoms with van der Waals surface area (Å²) < 4.78 is 0. The van der Waals surface area contributed by atoms with Gasteiger partial charge in [0.2, 0.25) is 0 Å². The van der Waals surface area contributed by atoms with Crippen molar-refractivity contribution in [2.75, 3.05) is 11.9 Å². The SMILES string of the molecule is CCCNc1cncc(C(=O)NCc2ccccc2)c1. The summed E-state index contributed by atoms with van der Waals surface area (Å²) in [7, 11) is 0. The minimum atomic E-state index is -0.110. The van der Waals surface area contributed by atoms with E-state index in [-0.39, 0.29) is 5.91 Å². The average molecular weight is 269 g/mol. The minimum Gasteiger partial charge on any atom is -0.384 e. The summed E-state index contributed by atoms with van der Waals surface area (Å²) in [5.41, 5.74) is 2.52. The Bertz CT molecular complexity index is 555. The third kappa shape index (κ3) is 4.09. The van der Waals surface area contributed by atoms with Crippen molar-refractivity contribution in [3.05, 3.63) is 59.9 Å². The molecule has 0 saturated carbocycles. The summed E-state index contributed by atoms with van der Waals surface area (Å²) in [6.45, 7) is 3.49. The van der Waals surface area contributed by atoms with Crippen LogP contribution in [-0.4, -0.2) is 17.4 Å². The highest BCUT2D eigenvalue weighted by molar-refractivity contribution is 5.94. The summed E-state index contributed by atoms with van der Waals surface area (Å²) in [5.74, 6) is -0.110. The molecule has 1 heterocycles. The van der Waals surface area contributed by atoms with E-state index in [9.17, 15) is 4.79 Å². The molecule has 0 atom stereocenters. The van der Waals surface area contributed by atoms with Crippen molar-refractivity contribution >= 4 is 11.6 Å². The molecule has 2 rings (SSSR count). The summed E-state index contributed by atoms with van der Waals surface area (Å²) in [4.78, 5) is 16.2. The molecule has 1 aromatic heterocycles. The van der Waals surface area contributed by atoms with Gasteiger partial charge in [0.25, 0.3) is 5.91 Å². The van der Waals surface area contributed by atoms with E-state index in [1.165, 1.54) is 0 Å². The Morgan fingerprint density at radius 1 is 1.20 bits per heavy atom. The van der Waals surface area contributed by atoms with E-state index in [4.69, 9.17) is 0 Å². The van der Waals surface area contributed by atoms with Gasteiger partial charge in [0.1, 0.15) is 0 Å². The fourth-order valence-corrected chi connectivity index (χ4v) is 1.81. The van der Waals surface area contributed by atoms with Crippen LogP contribution in [0, 0.1) is 0 Å². The number of aromatic nitrogens is 1. The minimum absolute atomic E-state index is 0.110. The second-order valence-corrected chi connectivity index (χ2v) is 4.56. The zero-order valence-corrected chi connectivity index (χ0v) is 11.6. The highest BCUT2D eigenvalue weighted by Crippen LogP contribution is 2.08. The Hall–Kier alpha value is -2.36. The maximum atomic E-state index is 12.1. The number of anilines is 1. The van der Waals surface area contributed by atoms with E-state index in [2.05, 4.69) is 22.5 Å². The molecule has 0 bridgehead atoms. The zero-order chi connectivity index (χ0) is 14.2. The number of nitrogens with zero attached hydrogens (tertiary/aromatic N) is 1. The van der Waals surface area contributed by atoms with Gasteiger partial charge in [0.15, 0.2) is 0 Å². The fraction of sp³-hybridized carbons (Fsp3) is 0.250. The molecule has 0 unspecified atom stereocenters. The van der Waals surface area contributed by atoms with E-state index in [0.717, 1.165) is 24.2 Å². The molecule has 0 radical (unpaired) electrons. The van der Waals surface area contributed by atoms with Gasteiger partial charge in [0, 0.05) is 25.5 Å². The van der Waals surface area contributed by atoms with E-state index in [1.54, 1.807) is 12.4 Å². The van der Waals surface area contributed by atoms with Gasteiger partial charge in [-0.3, -0.25) is 9.78 Å². The molecule has 104 valence electrons. The molecule has 2 N–H and O–H groups in total. The predicted octanol–water partition coefficient (Wildman–Crippen LogP) is 2.83. The van der Waals surface area contributed by atoms with Gasteiger partial charge >= 0.3 is 0 Å². The molecular formula is C16H19N3O. The van der Waals surface area contributed by atoms with Crippen LogP contribution in [-0.2, 0) is 6.54 Å². The molecule has 0 fully saturated rings. The summed E-state index contributed by atoms with van der Waals surface area (Å²) in [5, 5.41) is 6.11. The molecule has 2 aromatic rings. The first-order chi connectivity index (χ1) is 9.79. The highest BCUT2D eigenvalue weighted by Gasteiger charge is 2.06. The number of nitrogens with one attached hydrogen (secondary N) is 2. The summed E-state index contributed by atoms with van der Waals surface area (Å²) >= 11 is 0. The number of benzene rings is 1. The average Bonchev–Trinajstić information content (AvgIpc) is 2.52. The Labute approximate surface area is 119 Å². The third-order valence-corrected chi connectivity index (χ3v) is 2.88. The Morgan fingerprint density at radius 3 is 2.75 bits per heavy atom. The standard InChI is InChI=1S/C16H19N3O/c1-2-8-18-15-9-14(11-17-12-15)16(20)19-10-13-6-4-3-5-7-13/h3-7,9,11-12,18H,2,8,10H2,1H3,(H,19,20). The van der Waals surface area contributed by atoms with Gasteiger partial charge < -0.3 is 10.6 Å². The van der Waals surface area contributed by atoms with E-state index in [1.807, 2.05) is 36.4 Å². The van der Waals surface area contributed by atoms with Crippen molar-refractivity contribution in [1.82, 2.24) is 10.3 Å². The summed E-state index contributed by atoms with van der Waals surface area (Å²) in [6, 6.07) is 11.7. The maximum absolute atomic E-state index is 12.1. The molecule has 20 heavy (non-hydrogen) atoms. The van der Waals surface area contributed by atoms with Gasteiger partial charge in [-0.1, -0.05) is 37.3 Å². The quantitative estimate of drug-likeness (QED) is 0.848. The van der Waals surface area contributed by atoms with Crippen LogP contribution < -0.4 is 10.6 Å². The van der Waals surface area contributed by atoms with E-state index >= 15 is 0 Å². The topological polar surface area (TPSA) is 54.0 Å². The van der Waals surface area contributed by atoms with Crippen LogP contribution in [0.2, 0.25) is 0 Å². The second-order valence-electron chi connectivity index (χ2n) is 4.56. The van der Waals surface area contributed by atoms with E-state index < -0.39 is 0 Å². The lowest BCUT2D eigenvalue weighted by Crippen LogP contribution is -2.23. The Kier molecular flexibility index (Phi) is 5.12. The first kappa shape index (κ1) is 14.1. The lowest BCUT2D eigenvalue weighted by atomic mass is 10.2. The van der Waals surface area contributed by atoms with Crippen LogP contribution in [0.25, 0.3) is 0 Å². The second kappa shape index (κ2) is 7.28. The lowest BCUT2D eigenvalue weighted by Gasteiger charge is -2.08. The zero-order valence-electron chi connectivity index (χ0n) is 11.6. The molecule has 0 aliphatic carbocycles. The molecule has 0 aliphatic heterocycles. The molecule has 0 spiro atoms. The predicted molar refractivity (Wildman–Crippen MR) is 80.6 cm³/mol. The highest BCUT2D eigenvalue weighted by atomic mass is 16.1. The first-order valence-electron chi connectivity index (χ1n) is 6.80. The lowest BCUT2D eigenvalue weighted by molar-refractivity contribution is 0.0950. The van der Waals surface area contributed by atoms with Gasteiger partial charge in [0.05, 0.1) is 11.3 Å². The van der Waals surface area contributed by atoms with Crippen LogP contribution in [0.15, 0.2) is 48.8 Å². The van der Waals surface area contributed by atoms with Crippen molar-refractivity contribution in [2.24, 2.45) is 0 Å². The third-order valence-electron chi connectivity index (χ3n) is 2.88. The smallest absolute Gasteiger partial charge is 0.253 e. The monoisotopic (exact) mass is 269 g/mol. The van der Waals surface area contributed by atoms with Crippen LogP contribution in [0.1, 0.15) is 29.3 Å². The number of carbonyl (C=O) groups excluding carboxylic acids is 1. The molecule has 0 aliphatic rings. The molecule has 1 aromatic carbocycles. The van der Waals surface area contributed by atoms with Gasteiger partial charge in [-0.05, 0) is 18.1 Å². The van der Waals surface area contributed by atoms with Crippen LogP contribution >= 0.6 is 0 Å². The van der Waals surface area contributed by atoms with Gasteiger partial charge in [-0.2, -0.15) is 0 Å². The van der Waals surface area contributed by atoms with Crippen molar-refractivity contribution in [1.29, 1.82) is 0 Å².